The predicted molar refractivity (Wildman–Crippen MR) is 111 cm³/mol. The summed E-state index contributed by atoms with van der Waals surface area (Å²) < 4.78 is 38.9. The fourth-order valence-electron chi connectivity index (χ4n) is 3.34. The standard InChI is InChI=1S/C21H26N2O5S/c1-4-27-19-8-10-20(11-9-19)29(25,26)22-18-7-5-6-17(12-18)21(24)23-13-15(2)28-16(3)14-23/h5-12,15-16,22H,4,13-14H2,1-3H3/t15-,16-/m1/s1. The first kappa shape index (κ1) is 21.1. The highest BCUT2D eigenvalue weighted by Crippen LogP contribution is 2.21. The fourth-order valence-corrected chi connectivity index (χ4v) is 4.39. The fraction of sp³-hybridized carbons (Fsp3) is 0.381. The van der Waals surface area contributed by atoms with Gasteiger partial charge < -0.3 is 14.4 Å². The molecule has 0 aliphatic carbocycles. The highest BCUT2D eigenvalue weighted by atomic mass is 32.2. The minimum atomic E-state index is -3.78. The minimum Gasteiger partial charge on any atom is -0.494 e. The maximum Gasteiger partial charge on any atom is 0.261 e. The molecule has 0 spiro atoms. The smallest absolute Gasteiger partial charge is 0.261 e. The Morgan fingerprint density at radius 2 is 1.79 bits per heavy atom. The van der Waals surface area contributed by atoms with Gasteiger partial charge in [-0.15, -0.1) is 0 Å². The van der Waals surface area contributed by atoms with Crippen LogP contribution in [-0.2, 0) is 14.8 Å². The average Bonchev–Trinajstić information content (AvgIpc) is 2.67. The quantitative estimate of drug-likeness (QED) is 0.779. The predicted octanol–water partition coefficient (Wildman–Crippen LogP) is 3.14. The van der Waals surface area contributed by atoms with Crippen LogP contribution in [0.2, 0.25) is 0 Å². The van der Waals surface area contributed by atoms with Gasteiger partial charge in [-0.2, -0.15) is 0 Å². The molecule has 2 atom stereocenters. The van der Waals surface area contributed by atoms with E-state index in [1.54, 1.807) is 41.3 Å². The summed E-state index contributed by atoms with van der Waals surface area (Å²) >= 11 is 0. The molecule has 3 rings (SSSR count). The number of anilines is 1. The maximum absolute atomic E-state index is 12.9. The van der Waals surface area contributed by atoms with Crippen molar-refractivity contribution in [3.63, 3.8) is 0 Å². The van der Waals surface area contributed by atoms with Crippen molar-refractivity contribution in [2.45, 2.75) is 37.9 Å². The van der Waals surface area contributed by atoms with Gasteiger partial charge in [-0.25, -0.2) is 8.42 Å². The number of hydrogen-bond donors (Lipinski definition) is 1. The molecule has 1 aliphatic rings. The first-order valence-corrected chi connectivity index (χ1v) is 11.1. The summed E-state index contributed by atoms with van der Waals surface area (Å²) in [5, 5.41) is 0. The van der Waals surface area contributed by atoms with Gasteiger partial charge in [0.2, 0.25) is 0 Å². The summed E-state index contributed by atoms with van der Waals surface area (Å²) in [6.07, 6.45) is -0.0758. The monoisotopic (exact) mass is 418 g/mol. The summed E-state index contributed by atoms with van der Waals surface area (Å²) in [6.45, 7) is 7.23. The summed E-state index contributed by atoms with van der Waals surface area (Å²) in [7, 11) is -3.78. The van der Waals surface area contributed by atoms with Gasteiger partial charge in [0.1, 0.15) is 5.75 Å². The van der Waals surface area contributed by atoms with Crippen LogP contribution in [0.25, 0.3) is 0 Å². The van der Waals surface area contributed by atoms with E-state index in [0.29, 0.717) is 36.7 Å². The van der Waals surface area contributed by atoms with E-state index in [0.717, 1.165) is 0 Å². The van der Waals surface area contributed by atoms with E-state index in [1.807, 2.05) is 20.8 Å². The van der Waals surface area contributed by atoms with Crippen LogP contribution in [-0.4, -0.2) is 51.1 Å². The van der Waals surface area contributed by atoms with Crippen LogP contribution < -0.4 is 9.46 Å². The second-order valence-corrected chi connectivity index (χ2v) is 8.74. The van der Waals surface area contributed by atoms with Crippen molar-refractivity contribution in [1.29, 1.82) is 0 Å². The van der Waals surface area contributed by atoms with Crippen molar-refractivity contribution >= 4 is 21.6 Å². The Labute approximate surface area is 171 Å². The summed E-state index contributed by atoms with van der Waals surface area (Å²) in [5.74, 6) is 0.460. The van der Waals surface area contributed by atoms with E-state index in [-0.39, 0.29) is 23.0 Å². The molecule has 0 bridgehead atoms. The largest absolute Gasteiger partial charge is 0.494 e. The molecule has 1 N–H and O–H groups in total. The molecule has 1 amide bonds. The van der Waals surface area contributed by atoms with E-state index in [9.17, 15) is 13.2 Å². The van der Waals surface area contributed by atoms with Crippen molar-refractivity contribution in [2.75, 3.05) is 24.4 Å². The van der Waals surface area contributed by atoms with Gasteiger partial charge in [0, 0.05) is 24.3 Å². The zero-order valence-corrected chi connectivity index (χ0v) is 17.6. The maximum atomic E-state index is 12.9. The molecule has 0 aromatic heterocycles. The van der Waals surface area contributed by atoms with Gasteiger partial charge in [0.05, 0.1) is 23.7 Å². The molecular formula is C21H26N2O5S. The lowest BCUT2D eigenvalue weighted by Crippen LogP contribution is -2.48. The second-order valence-electron chi connectivity index (χ2n) is 7.06. The number of sulfonamides is 1. The number of nitrogens with one attached hydrogen (secondary N) is 1. The molecule has 8 heteroatoms. The van der Waals surface area contributed by atoms with Gasteiger partial charge in [-0.05, 0) is 63.2 Å². The first-order chi connectivity index (χ1) is 13.8. The molecule has 0 unspecified atom stereocenters. The molecule has 29 heavy (non-hydrogen) atoms. The van der Waals surface area contributed by atoms with Gasteiger partial charge in [0.25, 0.3) is 15.9 Å². The normalized spacial score (nSPS) is 19.6. The van der Waals surface area contributed by atoms with Gasteiger partial charge >= 0.3 is 0 Å². The van der Waals surface area contributed by atoms with E-state index < -0.39 is 10.0 Å². The second kappa shape index (κ2) is 8.84. The number of amides is 1. The van der Waals surface area contributed by atoms with Crippen LogP contribution >= 0.6 is 0 Å². The van der Waals surface area contributed by atoms with Crippen LogP contribution in [0.1, 0.15) is 31.1 Å². The molecule has 1 fully saturated rings. The van der Waals surface area contributed by atoms with Gasteiger partial charge in [-0.1, -0.05) is 6.07 Å². The Hall–Kier alpha value is -2.58. The van der Waals surface area contributed by atoms with Crippen LogP contribution in [0.5, 0.6) is 5.75 Å². The highest BCUT2D eigenvalue weighted by molar-refractivity contribution is 7.92. The molecule has 2 aromatic rings. The third-order valence-electron chi connectivity index (χ3n) is 4.51. The Bertz CT molecular complexity index is 949. The molecular weight excluding hydrogens is 392 g/mol. The van der Waals surface area contributed by atoms with E-state index in [4.69, 9.17) is 9.47 Å². The number of nitrogens with zero attached hydrogens (tertiary/aromatic N) is 1. The summed E-state index contributed by atoms with van der Waals surface area (Å²) in [4.78, 5) is 14.7. The van der Waals surface area contributed by atoms with Crippen molar-refractivity contribution < 1.29 is 22.7 Å². The number of rotatable bonds is 6. The number of carbonyl (C=O) groups excluding carboxylic acids is 1. The van der Waals surface area contributed by atoms with E-state index in [1.165, 1.54) is 12.1 Å². The number of benzene rings is 2. The third-order valence-corrected chi connectivity index (χ3v) is 5.91. The molecule has 1 aliphatic heterocycles. The Morgan fingerprint density at radius 1 is 1.14 bits per heavy atom. The van der Waals surface area contributed by atoms with Crippen LogP contribution in [0.4, 0.5) is 5.69 Å². The third kappa shape index (κ3) is 5.27. The number of hydrogen-bond acceptors (Lipinski definition) is 5. The van der Waals surface area contributed by atoms with Gasteiger partial charge in [0.15, 0.2) is 0 Å². The average molecular weight is 419 g/mol. The lowest BCUT2D eigenvalue weighted by molar-refractivity contribution is -0.0586. The Balaban J connectivity index is 1.76. The Morgan fingerprint density at radius 3 is 2.41 bits per heavy atom. The topological polar surface area (TPSA) is 84.9 Å². The molecule has 156 valence electrons. The molecule has 0 saturated carbocycles. The van der Waals surface area contributed by atoms with Crippen molar-refractivity contribution in [2.24, 2.45) is 0 Å². The molecule has 2 aromatic carbocycles. The zero-order valence-electron chi connectivity index (χ0n) is 16.8. The first-order valence-electron chi connectivity index (χ1n) is 9.59. The SMILES string of the molecule is CCOc1ccc(S(=O)(=O)Nc2cccc(C(=O)N3C[C@@H](C)O[C@H](C)C3)c2)cc1. The number of ether oxygens (including phenoxy) is 2. The zero-order chi connectivity index (χ0) is 21.0. The lowest BCUT2D eigenvalue weighted by Gasteiger charge is -2.35. The molecule has 0 radical (unpaired) electrons. The Kier molecular flexibility index (Phi) is 6.44. The lowest BCUT2D eigenvalue weighted by atomic mass is 10.1. The summed E-state index contributed by atoms with van der Waals surface area (Å²) in [6, 6.07) is 12.7. The van der Waals surface area contributed by atoms with Crippen molar-refractivity contribution in [3.8, 4) is 5.75 Å². The van der Waals surface area contributed by atoms with Crippen molar-refractivity contribution in [3.05, 3.63) is 54.1 Å². The molecule has 1 saturated heterocycles. The minimum absolute atomic E-state index is 0.0379. The molecule has 7 nitrogen and oxygen atoms in total. The van der Waals surface area contributed by atoms with Crippen LogP contribution in [0, 0.1) is 0 Å². The van der Waals surface area contributed by atoms with Crippen LogP contribution in [0.3, 0.4) is 0 Å². The van der Waals surface area contributed by atoms with Crippen molar-refractivity contribution in [1.82, 2.24) is 4.90 Å². The molecule has 1 heterocycles. The van der Waals surface area contributed by atoms with Gasteiger partial charge in [-0.3, -0.25) is 9.52 Å². The summed E-state index contributed by atoms with van der Waals surface area (Å²) in [5.41, 5.74) is 0.761. The number of morpholine rings is 1. The number of carbonyl (C=O) groups is 1. The van der Waals surface area contributed by atoms with Crippen LogP contribution in [0.15, 0.2) is 53.4 Å². The van der Waals surface area contributed by atoms with E-state index >= 15 is 0 Å². The van der Waals surface area contributed by atoms with E-state index in [2.05, 4.69) is 4.72 Å². The highest BCUT2D eigenvalue weighted by Gasteiger charge is 2.27.